The predicted octanol–water partition coefficient (Wildman–Crippen LogP) is 14.9. The zero-order valence-electron chi connectivity index (χ0n) is 34.4. The fourth-order valence-corrected chi connectivity index (χ4v) is 6.53. The number of aliphatic hydroxyl groups is 1. The quantitative estimate of drug-likeness (QED) is 0.0388. The van der Waals surface area contributed by atoms with Gasteiger partial charge in [-0.3, -0.25) is 4.79 Å². The summed E-state index contributed by atoms with van der Waals surface area (Å²) in [5.74, 6) is -0.212. The van der Waals surface area contributed by atoms with E-state index in [9.17, 15) is 9.90 Å². The van der Waals surface area contributed by atoms with Crippen molar-refractivity contribution in [2.75, 3.05) is 19.8 Å². The molecule has 0 aromatic heterocycles. The van der Waals surface area contributed by atoms with Crippen molar-refractivity contribution in [3.63, 3.8) is 0 Å². The highest BCUT2D eigenvalue weighted by molar-refractivity contribution is 5.69. The van der Waals surface area contributed by atoms with Crippen LogP contribution in [0, 0.1) is 0 Å². The first-order valence-corrected chi connectivity index (χ1v) is 22.6. The maximum atomic E-state index is 12.2. The molecule has 0 aliphatic heterocycles. The minimum atomic E-state index is -0.540. The molecule has 0 saturated heterocycles. The molecule has 1 atom stereocenters. The van der Waals surface area contributed by atoms with E-state index < -0.39 is 6.10 Å². The summed E-state index contributed by atoms with van der Waals surface area (Å²) in [6.45, 7) is 5.33. The third-order valence-corrected chi connectivity index (χ3v) is 9.94. The predicted molar refractivity (Wildman–Crippen MR) is 224 cm³/mol. The molecule has 0 radical (unpaired) electrons. The first-order chi connectivity index (χ1) is 25.2. The van der Waals surface area contributed by atoms with Crippen molar-refractivity contribution in [3.8, 4) is 0 Å². The van der Waals surface area contributed by atoms with E-state index in [2.05, 4.69) is 50.3 Å². The van der Waals surface area contributed by atoms with E-state index >= 15 is 0 Å². The van der Waals surface area contributed by atoms with E-state index in [0.717, 1.165) is 38.5 Å². The molecular formula is C47H88O4. The summed E-state index contributed by atoms with van der Waals surface area (Å²) in [6, 6.07) is 0. The summed E-state index contributed by atoms with van der Waals surface area (Å²) >= 11 is 0. The Morgan fingerprint density at radius 2 is 0.824 bits per heavy atom. The van der Waals surface area contributed by atoms with Gasteiger partial charge in [-0.2, -0.15) is 0 Å². The number of ether oxygens (including phenoxy) is 2. The van der Waals surface area contributed by atoms with Gasteiger partial charge in [-0.15, -0.1) is 0 Å². The van der Waals surface area contributed by atoms with Crippen LogP contribution < -0.4 is 0 Å². The zero-order valence-corrected chi connectivity index (χ0v) is 34.4. The number of aliphatic hydroxyl groups excluding tert-OH is 1. The monoisotopic (exact) mass is 717 g/mol. The summed E-state index contributed by atoms with van der Waals surface area (Å²) in [7, 11) is 0. The molecule has 1 unspecified atom stereocenters. The van der Waals surface area contributed by atoms with E-state index in [1.807, 2.05) is 0 Å². The lowest BCUT2D eigenvalue weighted by atomic mass is 10.0. The molecule has 0 rings (SSSR count). The van der Waals surface area contributed by atoms with Gasteiger partial charge in [-0.1, -0.05) is 192 Å². The second-order valence-electron chi connectivity index (χ2n) is 15.1. The highest BCUT2D eigenvalue weighted by Crippen LogP contribution is 2.14. The van der Waals surface area contributed by atoms with E-state index in [1.165, 1.54) is 173 Å². The molecule has 300 valence electrons. The standard InChI is InChI=1S/C47H88O4/c1-3-5-7-9-11-13-15-17-19-20-21-22-23-24-25-26-27-29-31-33-35-37-39-41-43-50-45-46(44-48)51-47(49)42-40-38-36-34-32-30-28-18-16-14-12-10-8-6-4-2/h12,14,18,20-21,28,46,48H,3-11,13,15-17,19,22-27,29-45H2,1-2H3/b14-12-,21-20-,28-18-. The number of esters is 1. The second-order valence-corrected chi connectivity index (χ2v) is 15.1. The molecule has 4 nitrogen and oxygen atoms in total. The molecule has 0 amide bonds. The number of hydrogen-bond donors (Lipinski definition) is 1. The van der Waals surface area contributed by atoms with Crippen molar-refractivity contribution in [2.45, 2.75) is 238 Å². The lowest BCUT2D eigenvalue weighted by molar-refractivity contribution is -0.154. The molecule has 1 N–H and O–H groups in total. The lowest BCUT2D eigenvalue weighted by Gasteiger charge is -2.15. The summed E-state index contributed by atoms with van der Waals surface area (Å²) in [5.41, 5.74) is 0. The van der Waals surface area contributed by atoms with Crippen molar-refractivity contribution in [3.05, 3.63) is 36.5 Å². The van der Waals surface area contributed by atoms with Crippen LogP contribution in [0.5, 0.6) is 0 Å². The van der Waals surface area contributed by atoms with Crippen LogP contribution in [0.25, 0.3) is 0 Å². The van der Waals surface area contributed by atoms with Gasteiger partial charge >= 0.3 is 5.97 Å². The Morgan fingerprint density at radius 3 is 1.27 bits per heavy atom. The smallest absolute Gasteiger partial charge is 0.306 e. The summed E-state index contributed by atoms with van der Waals surface area (Å²) in [6.07, 6.45) is 56.4. The number of carbonyl (C=O) groups excluding carboxylic acids is 1. The summed E-state index contributed by atoms with van der Waals surface area (Å²) < 4.78 is 11.2. The van der Waals surface area contributed by atoms with Crippen molar-refractivity contribution in [1.29, 1.82) is 0 Å². The van der Waals surface area contributed by atoms with Crippen LogP contribution in [0.4, 0.5) is 0 Å². The van der Waals surface area contributed by atoms with Gasteiger partial charge in [0.25, 0.3) is 0 Å². The van der Waals surface area contributed by atoms with Gasteiger partial charge in [0, 0.05) is 13.0 Å². The van der Waals surface area contributed by atoms with Gasteiger partial charge in [0.05, 0.1) is 13.2 Å². The fourth-order valence-electron chi connectivity index (χ4n) is 6.53. The molecule has 0 spiro atoms. The Hall–Kier alpha value is -1.39. The molecular weight excluding hydrogens is 629 g/mol. The number of allylic oxidation sites excluding steroid dienone is 6. The van der Waals surface area contributed by atoms with Gasteiger partial charge in [-0.05, 0) is 70.6 Å². The highest BCUT2D eigenvalue weighted by atomic mass is 16.6. The number of unbranched alkanes of at least 4 members (excludes halogenated alkanes) is 28. The molecule has 0 fully saturated rings. The molecule has 0 saturated carbocycles. The highest BCUT2D eigenvalue weighted by Gasteiger charge is 2.13. The van der Waals surface area contributed by atoms with Crippen molar-refractivity contribution in [1.82, 2.24) is 0 Å². The SMILES string of the molecule is CCCCC/C=C\C/C=C\CCCCCCCC(=O)OC(CO)COCCCCCCCCCCCCCC/C=C\CCCCCCCCCC. The Morgan fingerprint density at radius 1 is 0.471 bits per heavy atom. The Bertz CT molecular complexity index is 757. The van der Waals surface area contributed by atoms with Crippen LogP contribution in [0.2, 0.25) is 0 Å². The fraction of sp³-hybridized carbons (Fsp3) is 0.851. The lowest BCUT2D eigenvalue weighted by Crippen LogP contribution is -2.27. The van der Waals surface area contributed by atoms with Crippen LogP contribution in [-0.2, 0) is 14.3 Å². The topological polar surface area (TPSA) is 55.8 Å². The summed E-state index contributed by atoms with van der Waals surface area (Å²) in [5, 5.41) is 9.60. The maximum absolute atomic E-state index is 12.2. The molecule has 0 bridgehead atoms. The van der Waals surface area contributed by atoms with Crippen LogP contribution in [0.15, 0.2) is 36.5 Å². The van der Waals surface area contributed by atoms with Gasteiger partial charge in [0.2, 0.25) is 0 Å². The van der Waals surface area contributed by atoms with Gasteiger partial charge < -0.3 is 14.6 Å². The van der Waals surface area contributed by atoms with Crippen LogP contribution in [0.3, 0.4) is 0 Å². The Balaban J connectivity index is 3.40. The minimum absolute atomic E-state index is 0.176. The Kier molecular flexibility index (Phi) is 43.5. The minimum Gasteiger partial charge on any atom is -0.457 e. The normalized spacial score (nSPS) is 12.6. The third kappa shape index (κ3) is 42.9. The number of hydrogen-bond acceptors (Lipinski definition) is 4. The molecule has 0 aliphatic rings. The molecule has 0 aromatic carbocycles. The summed E-state index contributed by atoms with van der Waals surface area (Å²) in [4.78, 5) is 12.2. The van der Waals surface area contributed by atoms with Crippen molar-refractivity contribution < 1.29 is 19.4 Å². The number of rotatable bonds is 42. The first-order valence-electron chi connectivity index (χ1n) is 22.6. The molecule has 51 heavy (non-hydrogen) atoms. The Labute approximate surface area is 319 Å². The average Bonchev–Trinajstić information content (AvgIpc) is 3.14. The van der Waals surface area contributed by atoms with Crippen LogP contribution in [-0.4, -0.2) is 37.0 Å². The molecule has 0 heterocycles. The van der Waals surface area contributed by atoms with Crippen LogP contribution >= 0.6 is 0 Å². The average molecular weight is 717 g/mol. The largest absolute Gasteiger partial charge is 0.457 e. The maximum Gasteiger partial charge on any atom is 0.306 e. The van der Waals surface area contributed by atoms with Gasteiger partial charge in [0.15, 0.2) is 0 Å². The first kappa shape index (κ1) is 49.6. The van der Waals surface area contributed by atoms with E-state index in [0.29, 0.717) is 19.6 Å². The zero-order chi connectivity index (χ0) is 37.0. The second kappa shape index (κ2) is 44.8. The van der Waals surface area contributed by atoms with Gasteiger partial charge in [-0.25, -0.2) is 0 Å². The third-order valence-electron chi connectivity index (χ3n) is 9.94. The van der Waals surface area contributed by atoms with Crippen LogP contribution in [0.1, 0.15) is 232 Å². The van der Waals surface area contributed by atoms with Crippen molar-refractivity contribution >= 4 is 5.97 Å². The number of carbonyl (C=O) groups is 1. The molecule has 0 aliphatic carbocycles. The van der Waals surface area contributed by atoms with E-state index in [1.54, 1.807) is 0 Å². The van der Waals surface area contributed by atoms with E-state index in [-0.39, 0.29) is 12.6 Å². The molecule has 4 heteroatoms. The molecule has 0 aromatic rings. The van der Waals surface area contributed by atoms with Crippen molar-refractivity contribution in [2.24, 2.45) is 0 Å². The van der Waals surface area contributed by atoms with E-state index in [4.69, 9.17) is 9.47 Å². The van der Waals surface area contributed by atoms with Gasteiger partial charge in [0.1, 0.15) is 6.10 Å².